The van der Waals surface area contributed by atoms with Crippen LogP contribution in [-0.4, -0.2) is 66.1 Å². The van der Waals surface area contributed by atoms with E-state index in [0.717, 1.165) is 5.69 Å². The summed E-state index contributed by atoms with van der Waals surface area (Å²) in [6, 6.07) is 9.28. The SMILES string of the molecule is CC(C)(C)OC(=O)N1CCN(c2ccc(NC(=O)CNC(=O)Cc3cccc(F)c3)nc2)CC1. The summed E-state index contributed by atoms with van der Waals surface area (Å²) in [6.07, 6.45) is 1.33. The van der Waals surface area contributed by atoms with Gasteiger partial charge in [0.1, 0.15) is 17.2 Å². The van der Waals surface area contributed by atoms with Crippen molar-refractivity contribution >= 4 is 29.4 Å². The first-order valence-electron chi connectivity index (χ1n) is 11.1. The van der Waals surface area contributed by atoms with Gasteiger partial charge in [0, 0.05) is 26.2 Å². The van der Waals surface area contributed by atoms with Gasteiger partial charge in [-0.3, -0.25) is 9.59 Å². The third kappa shape index (κ3) is 7.72. The second-order valence-electron chi connectivity index (χ2n) is 8.99. The molecule has 0 unspecified atom stereocenters. The van der Waals surface area contributed by atoms with Gasteiger partial charge in [-0.2, -0.15) is 0 Å². The molecule has 9 nitrogen and oxygen atoms in total. The number of pyridine rings is 1. The molecule has 1 saturated heterocycles. The van der Waals surface area contributed by atoms with Crippen molar-refractivity contribution in [2.45, 2.75) is 32.8 Å². The number of rotatable bonds is 6. The zero-order chi connectivity index (χ0) is 24.7. The summed E-state index contributed by atoms with van der Waals surface area (Å²) >= 11 is 0. The van der Waals surface area contributed by atoms with Crippen LogP contribution in [0.1, 0.15) is 26.3 Å². The Bertz CT molecular complexity index is 1010. The first kappa shape index (κ1) is 24.9. The van der Waals surface area contributed by atoms with Crippen molar-refractivity contribution in [3.8, 4) is 0 Å². The number of piperazine rings is 1. The molecule has 34 heavy (non-hydrogen) atoms. The van der Waals surface area contributed by atoms with Crippen LogP contribution >= 0.6 is 0 Å². The fraction of sp³-hybridized carbons (Fsp3) is 0.417. The number of nitrogens with zero attached hydrogens (tertiary/aromatic N) is 3. The Morgan fingerprint density at radius 1 is 1.06 bits per heavy atom. The summed E-state index contributed by atoms with van der Waals surface area (Å²) in [5.74, 6) is -0.851. The average Bonchev–Trinajstić information content (AvgIpc) is 2.77. The van der Waals surface area contributed by atoms with Gasteiger partial charge >= 0.3 is 6.09 Å². The molecular formula is C24H30FN5O4. The van der Waals surface area contributed by atoms with E-state index in [1.165, 1.54) is 18.2 Å². The number of anilines is 2. The maximum absolute atomic E-state index is 13.2. The van der Waals surface area contributed by atoms with Crippen LogP contribution in [0.4, 0.5) is 20.7 Å². The highest BCUT2D eigenvalue weighted by molar-refractivity contribution is 5.94. The number of ether oxygens (including phenoxy) is 1. The standard InChI is InChI=1S/C24H30FN5O4/c1-24(2,3)34-23(33)30-11-9-29(10-12-30)19-7-8-20(26-15-19)28-22(32)16-27-21(31)14-17-5-4-6-18(25)13-17/h4-8,13,15H,9-12,14,16H2,1-3H3,(H,27,31)(H,26,28,32). The summed E-state index contributed by atoms with van der Waals surface area (Å²) in [5.41, 5.74) is 0.884. The van der Waals surface area contributed by atoms with E-state index in [2.05, 4.69) is 20.5 Å². The lowest BCUT2D eigenvalue weighted by Crippen LogP contribution is -2.50. The van der Waals surface area contributed by atoms with Gasteiger partial charge in [0.2, 0.25) is 11.8 Å². The van der Waals surface area contributed by atoms with E-state index in [9.17, 15) is 18.8 Å². The number of carbonyl (C=O) groups is 3. The number of nitrogens with one attached hydrogen (secondary N) is 2. The summed E-state index contributed by atoms with van der Waals surface area (Å²) in [5, 5.41) is 5.14. The van der Waals surface area contributed by atoms with Crippen LogP contribution in [0.5, 0.6) is 0 Å². The molecule has 1 fully saturated rings. The fourth-order valence-electron chi connectivity index (χ4n) is 3.38. The van der Waals surface area contributed by atoms with Crippen LogP contribution in [0.2, 0.25) is 0 Å². The van der Waals surface area contributed by atoms with E-state index in [4.69, 9.17) is 4.74 Å². The molecule has 0 saturated carbocycles. The van der Waals surface area contributed by atoms with E-state index >= 15 is 0 Å². The molecule has 1 aromatic carbocycles. The number of carbonyl (C=O) groups excluding carboxylic acids is 3. The van der Waals surface area contributed by atoms with Gasteiger partial charge in [0.15, 0.2) is 0 Å². The minimum absolute atomic E-state index is 0.0147. The molecule has 0 bridgehead atoms. The molecule has 2 heterocycles. The minimum Gasteiger partial charge on any atom is -0.444 e. The van der Waals surface area contributed by atoms with E-state index in [-0.39, 0.29) is 25.0 Å². The van der Waals surface area contributed by atoms with E-state index in [0.29, 0.717) is 37.6 Å². The van der Waals surface area contributed by atoms with Crippen LogP contribution in [0.3, 0.4) is 0 Å². The van der Waals surface area contributed by atoms with Gasteiger partial charge in [-0.05, 0) is 50.6 Å². The van der Waals surface area contributed by atoms with Crippen molar-refractivity contribution in [1.82, 2.24) is 15.2 Å². The Balaban J connectivity index is 1.42. The fourth-order valence-corrected chi connectivity index (χ4v) is 3.38. The first-order valence-corrected chi connectivity index (χ1v) is 11.1. The molecule has 1 aromatic heterocycles. The highest BCUT2D eigenvalue weighted by Crippen LogP contribution is 2.18. The van der Waals surface area contributed by atoms with Gasteiger partial charge in [-0.1, -0.05) is 12.1 Å². The van der Waals surface area contributed by atoms with Crippen molar-refractivity contribution in [2.75, 3.05) is 42.9 Å². The topological polar surface area (TPSA) is 104 Å². The van der Waals surface area contributed by atoms with Crippen molar-refractivity contribution in [2.24, 2.45) is 0 Å². The third-order valence-electron chi connectivity index (χ3n) is 5.01. The predicted molar refractivity (Wildman–Crippen MR) is 126 cm³/mol. The number of amides is 3. The second kappa shape index (κ2) is 11.0. The number of hydrogen-bond donors (Lipinski definition) is 2. The molecule has 0 spiro atoms. The predicted octanol–water partition coefficient (Wildman–Crippen LogP) is 2.58. The monoisotopic (exact) mass is 471 g/mol. The molecule has 3 amide bonds. The molecular weight excluding hydrogens is 441 g/mol. The third-order valence-corrected chi connectivity index (χ3v) is 5.01. The smallest absolute Gasteiger partial charge is 0.410 e. The lowest BCUT2D eigenvalue weighted by atomic mass is 10.1. The van der Waals surface area contributed by atoms with Crippen LogP contribution in [0.15, 0.2) is 42.6 Å². The molecule has 10 heteroatoms. The highest BCUT2D eigenvalue weighted by atomic mass is 19.1. The van der Waals surface area contributed by atoms with Crippen molar-refractivity contribution in [3.05, 3.63) is 54.0 Å². The second-order valence-corrected chi connectivity index (χ2v) is 8.99. The Labute approximate surface area is 198 Å². The zero-order valence-corrected chi connectivity index (χ0v) is 19.6. The normalized spacial score (nSPS) is 13.9. The lowest BCUT2D eigenvalue weighted by molar-refractivity contribution is -0.123. The lowest BCUT2D eigenvalue weighted by Gasteiger charge is -2.36. The summed E-state index contributed by atoms with van der Waals surface area (Å²) in [4.78, 5) is 44.3. The maximum Gasteiger partial charge on any atom is 0.410 e. The molecule has 0 atom stereocenters. The Morgan fingerprint density at radius 3 is 2.41 bits per heavy atom. The number of aromatic nitrogens is 1. The first-order chi connectivity index (χ1) is 16.1. The van der Waals surface area contributed by atoms with Crippen molar-refractivity contribution in [3.63, 3.8) is 0 Å². The molecule has 0 aliphatic carbocycles. The minimum atomic E-state index is -0.525. The number of halogens is 1. The van der Waals surface area contributed by atoms with Crippen molar-refractivity contribution in [1.29, 1.82) is 0 Å². The molecule has 182 valence electrons. The van der Waals surface area contributed by atoms with E-state index in [1.807, 2.05) is 26.8 Å². The molecule has 1 aliphatic rings. The molecule has 0 radical (unpaired) electrons. The van der Waals surface area contributed by atoms with Crippen molar-refractivity contribution < 1.29 is 23.5 Å². The Kier molecular flexibility index (Phi) is 8.04. The van der Waals surface area contributed by atoms with Gasteiger partial charge in [0.25, 0.3) is 0 Å². The van der Waals surface area contributed by atoms with E-state index < -0.39 is 17.3 Å². The van der Waals surface area contributed by atoms with Crippen LogP contribution in [-0.2, 0) is 20.7 Å². The highest BCUT2D eigenvalue weighted by Gasteiger charge is 2.26. The van der Waals surface area contributed by atoms with Crippen LogP contribution < -0.4 is 15.5 Å². The largest absolute Gasteiger partial charge is 0.444 e. The molecule has 2 N–H and O–H groups in total. The summed E-state index contributed by atoms with van der Waals surface area (Å²) in [6.45, 7) is 7.68. The summed E-state index contributed by atoms with van der Waals surface area (Å²) < 4.78 is 18.6. The van der Waals surface area contributed by atoms with E-state index in [1.54, 1.807) is 23.2 Å². The van der Waals surface area contributed by atoms with Crippen LogP contribution in [0, 0.1) is 5.82 Å². The number of benzene rings is 1. The maximum atomic E-state index is 13.2. The van der Waals surface area contributed by atoms with Gasteiger partial charge in [-0.25, -0.2) is 14.2 Å². The van der Waals surface area contributed by atoms with Gasteiger partial charge < -0.3 is 25.2 Å². The molecule has 1 aliphatic heterocycles. The Hall–Kier alpha value is -3.69. The Morgan fingerprint density at radius 2 is 1.79 bits per heavy atom. The number of hydrogen-bond acceptors (Lipinski definition) is 6. The zero-order valence-electron chi connectivity index (χ0n) is 19.6. The molecule has 2 aromatic rings. The quantitative estimate of drug-likeness (QED) is 0.671. The van der Waals surface area contributed by atoms with Gasteiger partial charge in [-0.15, -0.1) is 0 Å². The van der Waals surface area contributed by atoms with Crippen LogP contribution in [0.25, 0.3) is 0 Å². The average molecular weight is 472 g/mol. The summed E-state index contributed by atoms with van der Waals surface area (Å²) in [7, 11) is 0. The van der Waals surface area contributed by atoms with Gasteiger partial charge in [0.05, 0.1) is 24.8 Å². The molecule has 3 rings (SSSR count).